The normalized spacial score (nSPS) is 39.0. The first kappa shape index (κ1) is 16.4. The van der Waals surface area contributed by atoms with Crippen LogP contribution in [0, 0.1) is 5.41 Å². The van der Waals surface area contributed by atoms with Gasteiger partial charge in [-0.25, -0.2) is 4.79 Å². The standard InChI is InChI=1S/C13H19NO5S2Si/c1-6(15)13(2)11(18)14-8(9(16)17)10(21-12(13)14)20-7-3-4-22(19)5-7/h6-7,12,15,19,22H,3-5H2,1-2H3,(H,16,17)/t6-,7+,12-,13+,22?/m1/s1. The first-order valence-corrected chi connectivity index (χ1v) is 11.2. The van der Waals surface area contributed by atoms with Crippen molar-refractivity contribution >= 4 is 44.4 Å². The number of carboxylic acid groups (broad SMARTS) is 1. The first-order valence-electron chi connectivity index (χ1n) is 7.27. The van der Waals surface area contributed by atoms with Gasteiger partial charge in [0.1, 0.15) is 10.8 Å². The number of rotatable bonds is 4. The smallest absolute Gasteiger partial charge is 0.354 e. The third kappa shape index (κ3) is 2.25. The van der Waals surface area contributed by atoms with Gasteiger partial charge in [-0.15, -0.1) is 11.8 Å². The van der Waals surface area contributed by atoms with E-state index >= 15 is 0 Å². The molecule has 22 heavy (non-hydrogen) atoms. The molecule has 3 N–H and O–H groups in total. The maximum Gasteiger partial charge on any atom is 0.354 e. The minimum atomic E-state index is -1.60. The van der Waals surface area contributed by atoms with Gasteiger partial charge in [-0.3, -0.25) is 9.69 Å². The summed E-state index contributed by atoms with van der Waals surface area (Å²) in [7, 11) is -1.60. The lowest BCUT2D eigenvalue weighted by Gasteiger charge is -2.51. The lowest BCUT2D eigenvalue weighted by atomic mass is 9.75. The number of aliphatic hydroxyl groups is 1. The summed E-state index contributed by atoms with van der Waals surface area (Å²) >= 11 is 2.84. The van der Waals surface area contributed by atoms with Crippen molar-refractivity contribution in [1.82, 2.24) is 4.90 Å². The SMILES string of the molecule is C[C@@H](O)[C@@]1(C)C(=O)N2C(C(=O)O)=C(S[C@H]3CC[SiH](O)C3)S[C@@H]21. The number of amides is 1. The molecule has 3 rings (SSSR count). The Morgan fingerprint density at radius 3 is 2.77 bits per heavy atom. The Hall–Kier alpha value is -0.483. The van der Waals surface area contributed by atoms with Crippen molar-refractivity contribution in [2.24, 2.45) is 5.41 Å². The molecule has 3 heterocycles. The molecule has 2 saturated heterocycles. The molecule has 0 radical (unpaired) electrons. The van der Waals surface area contributed by atoms with Crippen LogP contribution >= 0.6 is 23.5 Å². The molecule has 0 bridgehead atoms. The fourth-order valence-corrected chi connectivity index (χ4v) is 9.42. The fraction of sp³-hybridized carbons (Fsp3) is 0.692. The Balaban J connectivity index is 1.84. The summed E-state index contributed by atoms with van der Waals surface area (Å²) < 4.78 is 0.642. The van der Waals surface area contributed by atoms with Gasteiger partial charge >= 0.3 is 5.97 Å². The maximum absolute atomic E-state index is 12.4. The van der Waals surface area contributed by atoms with Crippen LogP contribution in [-0.2, 0) is 9.59 Å². The van der Waals surface area contributed by atoms with Crippen LogP contribution in [0.5, 0.6) is 0 Å². The summed E-state index contributed by atoms with van der Waals surface area (Å²) in [6, 6.07) is 1.66. The number of carboxylic acids is 1. The number of fused-ring (bicyclic) bond motifs is 1. The van der Waals surface area contributed by atoms with Gasteiger partial charge in [0.25, 0.3) is 0 Å². The molecule has 0 aliphatic carbocycles. The molecule has 0 aromatic rings. The van der Waals surface area contributed by atoms with E-state index in [1.165, 1.54) is 28.4 Å². The zero-order valence-corrected chi connectivity index (χ0v) is 15.1. The van der Waals surface area contributed by atoms with E-state index in [0.29, 0.717) is 4.24 Å². The van der Waals surface area contributed by atoms with E-state index in [9.17, 15) is 24.6 Å². The van der Waals surface area contributed by atoms with Crippen LogP contribution in [0.2, 0.25) is 12.1 Å². The molecule has 0 aromatic heterocycles. The van der Waals surface area contributed by atoms with Gasteiger partial charge in [-0.2, -0.15) is 0 Å². The summed E-state index contributed by atoms with van der Waals surface area (Å²) in [6.07, 6.45) is 0.0789. The fourth-order valence-electron chi connectivity index (χ4n) is 3.16. The van der Waals surface area contributed by atoms with Crippen molar-refractivity contribution < 1.29 is 24.6 Å². The minimum Gasteiger partial charge on any atom is -0.477 e. The number of aliphatic carboxylic acids is 1. The van der Waals surface area contributed by atoms with Crippen molar-refractivity contribution in [2.45, 2.75) is 49.1 Å². The molecule has 0 saturated carbocycles. The summed E-state index contributed by atoms with van der Waals surface area (Å²) in [5.41, 5.74) is -0.886. The van der Waals surface area contributed by atoms with E-state index in [1.54, 1.807) is 13.8 Å². The largest absolute Gasteiger partial charge is 0.477 e. The topological polar surface area (TPSA) is 98.1 Å². The minimum absolute atomic E-state index is 0.0474. The summed E-state index contributed by atoms with van der Waals surface area (Å²) in [5, 5.41) is 19.3. The van der Waals surface area contributed by atoms with Crippen LogP contribution in [0.1, 0.15) is 20.3 Å². The van der Waals surface area contributed by atoms with Crippen molar-refractivity contribution in [3.8, 4) is 0 Å². The van der Waals surface area contributed by atoms with Gasteiger partial charge in [-0.05, 0) is 32.4 Å². The Bertz CT molecular complexity index is 569. The highest BCUT2D eigenvalue weighted by Gasteiger charge is 2.66. The van der Waals surface area contributed by atoms with Crippen molar-refractivity contribution in [3.05, 3.63) is 9.93 Å². The zero-order chi connectivity index (χ0) is 16.2. The molecule has 0 spiro atoms. The van der Waals surface area contributed by atoms with Gasteiger partial charge in [0.05, 0.1) is 10.3 Å². The van der Waals surface area contributed by atoms with E-state index in [4.69, 9.17) is 0 Å². The van der Waals surface area contributed by atoms with Crippen molar-refractivity contribution in [2.75, 3.05) is 0 Å². The molecule has 122 valence electrons. The van der Waals surface area contributed by atoms with Crippen LogP contribution in [0.15, 0.2) is 9.93 Å². The van der Waals surface area contributed by atoms with E-state index in [1.807, 2.05) is 0 Å². The lowest BCUT2D eigenvalue weighted by Crippen LogP contribution is -2.68. The quantitative estimate of drug-likeness (QED) is 0.502. The number of β-lactam (4-membered cyclic amide) rings is 1. The third-order valence-electron chi connectivity index (χ3n) is 4.78. The molecule has 2 fully saturated rings. The number of carbonyl (C=O) groups excluding carboxylic acids is 1. The highest BCUT2D eigenvalue weighted by molar-refractivity contribution is 8.23. The average Bonchev–Trinajstić information content (AvgIpc) is 3.00. The predicted octanol–water partition coefficient (Wildman–Crippen LogP) is 0.764. The van der Waals surface area contributed by atoms with E-state index in [0.717, 1.165) is 18.5 Å². The van der Waals surface area contributed by atoms with E-state index < -0.39 is 26.5 Å². The van der Waals surface area contributed by atoms with Crippen LogP contribution in [0.3, 0.4) is 0 Å². The number of aliphatic hydroxyl groups excluding tert-OH is 1. The molecule has 1 unspecified atom stereocenters. The second-order valence-electron chi connectivity index (χ2n) is 6.25. The monoisotopic (exact) mass is 361 g/mol. The second-order valence-corrected chi connectivity index (χ2v) is 11.3. The Morgan fingerprint density at radius 1 is 1.59 bits per heavy atom. The van der Waals surface area contributed by atoms with Gasteiger partial charge in [0.15, 0.2) is 14.7 Å². The molecular weight excluding hydrogens is 342 g/mol. The van der Waals surface area contributed by atoms with Crippen molar-refractivity contribution in [1.29, 1.82) is 0 Å². The highest BCUT2D eigenvalue weighted by Crippen LogP contribution is 2.60. The number of hydrogen-bond acceptors (Lipinski definition) is 6. The molecule has 9 heteroatoms. The molecular formula is C13H19NO5S2Si. The maximum atomic E-state index is 12.4. The van der Waals surface area contributed by atoms with Crippen LogP contribution in [0.4, 0.5) is 0 Å². The number of hydrogen-bond donors (Lipinski definition) is 3. The number of thioether (sulfide) groups is 2. The Labute approximate surface area is 138 Å². The number of carbonyl (C=O) groups is 2. The van der Waals surface area contributed by atoms with Gasteiger partial charge < -0.3 is 15.0 Å². The molecule has 6 nitrogen and oxygen atoms in total. The van der Waals surface area contributed by atoms with Crippen LogP contribution in [0.25, 0.3) is 0 Å². The number of nitrogens with zero attached hydrogens (tertiary/aromatic N) is 1. The lowest BCUT2D eigenvalue weighted by molar-refractivity contribution is -0.170. The summed E-state index contributed by atoms with van der Waals surface area (Å²) in [4.78, 5) is 35.0. The van der Waals surface area contributed by atoms with Gasteiger partial charge in [0, 0.05) is 5.25 Å². The Morgan fingerprint density at radius 2 is 2.27 bits per heavy atom. The van der Waals surface area contributed by atoms with Gasteiger partial charge in [0.2, 0.25) is 5.91 Å². The van der Waals surface area contributed by atoms with E-state index in [-0.39, 0.29) is 22.2 Å². The summed E-state index contributed by atoms with van der Waals surface area (Å²) in [6.45, 7) is 3.26. The van der Waals surface area contributed by atoms with E-state index in [2.05, 4.69) is 0 Å². The van der Waals surface area contributed by atoms with Gasteiger partial charge in [-0.1, -0.05) is 11.8 Å². The zero-order valence-electron chi connectivity index (χ0n) is 12.4. The van der Waals surface area contributed by atoms with Crippen molar-refractivity contribution in [3.63, 3.8) is 0 Å². The molecule has 5 atom stereocenters. The summed E-state index contributed by atoms with van der Waals surface area (Å²) in [5.74, 6) is -1.43. The highest BCUT2D eigenvalue weighted by atomic mass is 32.2. The molecule has 3 aliphatic heterocycles. The third-order valence-corrected chi connectivity index (χ3v) is 10.3. The van der Waals surface area contributed by atoms with Crippen LogP contribution < -0.4 is 0 Å². The Kier molecular flexibility index (Phi) is 4.13. The first-order chi connectivity index (χ1) is 10.3. The predicted molar refractivity (Wildman–Crippen MR) is 87.7 cm³/mol. The van der Waals surface area contributed by atoms with Crippen LogP contribution in [-0.4, -0.2) is 57.6 Å². The molecule has 1 amide bonds. The average molecular weight is 362 g/mol. The second kappa shape index (κ2) is 5.55. The molecule has 0 aromatic carbocycles. The molecule has 3 aliphatic rings.